The summed E-state index contributed by atoms with van der Waals surface area (Å²) in [6.45, 7) is 3.99. The van der Waals surface area contributed by atoms with Gasteiger partial charge < -0.3 is 14.6 Å². The average Bonchev–Trinajstić information content (AvgIpc) is 2.17. The van der Waals surface area contributed by atoms with Crippen LogP contribution in [0.25, 0.3) is 0 Å². The summed E-state index contributed by atoms with van der Waals surface area (Å²) in [4.78, 5) is 0. The Bertz CT molecular complexity index is 27.0. The van der Waals surface area contributed by atoms with Gasteiger partial charge in [-0.3, -0.25) is 0 Å². The molecule has 1 rings (SSSR count). The van der Waals surface area contributed by atoms with Crippen molar-refractivity contribution in [3.8, 4) is 0 Å². The lowest BCUT2D eigenvalue weighted by Gasteiger charge is -1.76. The highest BCUT2D eigenvalue weighted by Gasteiger charge is 1.93. The first kappa shape index (κ1) is 7.88. The van der Waals surface area contributed by atoms with Gasteiger partial charge in [0.05, 0.1) is 13.2 Å². The summed E-state index contributed by atoms with van der Waals surface area (Å²) in [7, 11) is 0. The smallest absolute Gasteiger partial charge is 0.146 e. The second-order valence-electron chi connectivity index (χ2n) is 1.25. The SMILES string of the molecule is C1COCO1.CCO. The summed E-state index contributed by atoms with van der Waals surface area (Å²) in [5.41, 5.74) is 0. The minimum Gasteiger partial charge on any atom is -0.397 e. The number of hydrogen-bond donors (Lipinski definition) is 1. The van der Waals surface area contributed by atoms with E-state index in [2.05, 4.69) is 0 Å². The Morgan fingerprint density at radius 2 is 1.75 bits per heavy atom. The molecule has 0 radical (unpaired) electrons. The molecule has 1 aliphatic heterocycles. The molecule has 1 N–H and O–H groups in total. The maximum absolute atomic E-state index is 7.57. The number of aliphatic hydroxyl groups excluding tert-OH is 1. The molecule has 8 heavy (non-hydrogen) atoms. The van der Waals surface area contributed by atoms with E-state index in [4.69, 9.17) is 14.6 Å². The molecule has 3 nitrogen and oxygen atoms in total. The van der Waals surface area contributed by atoms with E-state index in [9.17, 15) is 0 Å². The van der Waals surface area contributed by atoms with Gasteiger partial charge in [-0.25, -0.2) is 0 Å². The molecule has 1 heterocycles. The Morgan fingerprint density at radius 3 is 1.88 bits per heavy atom. The van der Waals surface area contributed by atoms with Crippen LogP contribution in [0.1, 0.15) is 6.92 Å². The highest BCUT2D eigenvalue weighted by atomic mass is 16.7. The van der Waals surface area contributed by atoms with Crippen LogP contribution in [-0.2, 0) is 9.47 Å². The first-order chi connectivity index (χ1) is 3.91. The highest BCUT2D eigenvalue weighted by molar-refractivity contribution is 4.28. The maximum atomic E-state index is 7.57. The second-order valence-corrected chi connectivity index (χ2v) is 1.25. The van der Waals surface area contributed by atoms with E-state index in [-0.39, 0.29) is 6.61 Å². The third kappa shape index (κ3) is 5.88. The van der Waals surface area contributed by atoms with Crippen molar-refractivity contribution in [1.82, 2.24) is 0 Å². The summed E-state index contributed by atoms with van der Waals surface area (Å²) in [5.74, 6) is 0. The molecule has 50 valence electrons. The van der Waals surface area contributed by atoms with Gasteiger partial charge in [-0.05, 0) is 6.92 Å². The minimum absolute atomic E-state index is 0.250. The highest BCUT2D eigenvalue weighted by Crippen LogP contribution is 1.85. The van der Waals surface area contributed by atoms with Crippen molar-refractivity contribution in [2.24, 2.45) is 0 Å². The molecule has 0 spiro atoms. The molecule has 3 heteroatoms. The van der Waals surface area contributed by atoms with Crippen molar-refractivity contribution in [2.75, 3.05) is 26.6 Å². The van der Waals surface area contributed by atoms with Gasteiger partial charge in [-0.1, -0.05) is 0 Å². The summed E-state index contributed by atoms with van der Waals surface area (Å²) < 4.78 is 9.44. The fraction of sp³-hybridized carbons (Fsp3) is 1.00. The van der Waals surface area contributed by atoms with E-state index in [0.29, 0.717) is 6.79 Å². The van der Waals surface area contributed by atoms with Gasteiger partial charge in [0, 0.05) is 6.61 Å². The van der Waals surface area contributed by atoms with Crippen LogP contribution in [0.5, 0.6) is 0 Å². The van der Waals surface area contributed by atoms with Gasteiger partial charge in [-0.2, -0.15) is 0 Å². The van der Waals surface area contributed by atoms with E-state index in [1.807, 2.05) is 0 Å². The number of ether oxygens (including phenoxy) is 2. The fourth-order valence-electron chi connectivity index (χ4n) is 0.295. The zero-order chi connectivity index (χ0) is 6.24. The van der Waals surface area contributed by atoms with Crippen LogP contribution in [0, 0.1) is 0 Å². The Kier molecular flexibility index (Phi) is 6.78. The summed E-state index contributed by atoms with van der Waals surface area (Å²) in [5, 5.41) is 7.57. The lowest BCUT2D eigenvalue weighted by atomic mass is 10.8. The predicted octanol–water partition coefficient (Wildman–Crippen LogP) is -0.0107. The molecule has 1 aliphatic rings. The molecule has 0 saturated carbocycles. The molecule has 1 saturated heterocycles. The molecule has 0 aliphatic carbocycles. The molecule has 0 aromatic carbocycles. The summed E-state index contributed by atoms with van der Waals surface area (Å²) in [6.07, 6.45) is 0. The molecule has 1 fully saturated rings. The zero-order valence-corrected chi connectivity index (χ0v) is 5.09. The molecule has 0 bridgehead atoms. The van der Waals surface area contributed by atoms with E-state index >= 15 is 0 Å². The summed E-state index contributed by atoms with van der Waals surface area (Å²) >= 11 is 0. The molecule has 0 aromatic rings. The molecule has 0 atom stereocenters. The zero-order valence-electron chi connectivity index (χ0n) is 5.09. The van der Waals surface area contributed by atoms with Crippen molar-refractivity contribution < 1.29 is 14.6 Å². The van der Waals surface area contributed by atoms with Crippen LogP contribution in [0.4, 0.5) is 0 Å². The fourth-order valence-corrected chi connectivity index (χ4v) is 0.295. The number of aliphatic hydroxyl groups is 1. The number of rotatable bonds is 0. The Hall–Kier alpha value is -0.120. The minimum atomic E-state index is 0.250. The topological polar surface area (TPSA) is 38.7 Å². The van der Waals surface area contributed by atoms with Gasteiger partial charge in [0.1, 0.15) is 6.79 Å². The third-order valence-electron chi connectivity index (χ3n) is 0.539. The molecule has 0 unspecified atom stereocenters. The van der Waals surface area contributed by atoms with Crippen LogP contribution in [-0.4, -0.2) is 31.7 Å². The third-order valence-corrected chi connectivity index (χ3v) is 0.539. The normalized spacial score (nSPS) is 17.2. The van der Waals surface area contributed by atoms with Gasteiger partial charge >= 0.3 is 0 Å². The van der Waals surface area contributed by atoms with E-state index in [1.54, 1.807) is 6.92 Å². The lowest BCUT2D eigenvalue weighted by Crippen LogP contribution is -1.79. The molecule has 0 amide bonds. The van der Waals surface area contributed by atoms with Crippen molar-refractivity contribution in [3.05, 3.63) is 0 Å². The van der Waals surface area contributed by atoms with Crippen molar-refractivity contribution in [3.63, 3.8) is 0 Å². The van der Waals surface area contributed by atoms with Gasteiger partial charge in [0.25, 0.3) is 0 Å². The van der Waals surface area contributed by atoms with E-state index in [1.165, 1.54) is 0 Å². The number of hydrogen-bond acceptors (Lipinski definition) is 3. The average molecular weight is 120 g/mol. The Morgan fingerprint density at radius 1 is 1.38 bits per heavy atom. The van der Waals surface area contributed by atoms with Crippen molar-refractivity contribution >= 4 is 0 Å². The molecular formula is C5H12O3. The lowest BCUT2D eigenvalue weighted by molar-refractivity contribution is 0.0692. The van der Waals surface area contributed by atoms with Gasteiger partial charge in [0.15, 0.2) is 0 Å². The van der Waals surface area contributed by atoms with Crippen LogP contribution < -0.4 is 0 Å². The van der Waals surface area contributed by atoms with Gasteiger partial charge in [0.2, 0.25) is 0 Å². The largest absolute Gasteiger partial charge is 0.397 e. The Labute approximate surface area is 49.2 Å². The molecule has 0 aromatic heterocycles. The van der Waals surface area contributed by atoms with E-state index < -0.39 is 0 Å². The predicted molar refractivity (Wildman–Crippen MR) is 29.5 cm³/mol. The standard InChI is InChI=1S/C3H6O2.C2H6O/c1-2-5-3-4-1;1-2-3/h1-3H2;3H,2H2,1H3. The van der Waals surface area contributed by atoms with Crippen LogP contribution in [0.3, 0.4) is 0 Å². The van der Waals surface area contributed by atoms with Gasteiger partial charge in [-0.15, -0.1) is 0 Å². The summed E-state index contributed by atoms with van der Waals surface area (Å²) in [6, 6.07) is 0. The quantitative estimate of drug-likeness (QED) is 0.488. The first-order valence-electron chi connectivity index (χ1n) is 2.68. The van der Waals surface area contributed by atoms with Crippen LogP contribution in [0.15, 0.2) is 0 Å². The monoisotopic (exact) mass is 120 g/mol. The van der Waals surface area contributed by atoms with Crippen molar-refractivity contribution in [2.45, 2.75) is 6.92 Å². The second kappa shape index (κ2) is 6.88. The van der Waals surface area contributed by atoms with Crippen LogP contribution in [0.2, 0.25) is 0 Å². The Balaban J connectivity index is 0.000000145. The van der Waals surface area contributed by atoms with Crippen molar-refractivity contribution in [1.29, 1.82) is 0 Å². The van der Waals surface area contributed by atoms with E-state index in [0.717, 1.165) is 13.2 Å². The molecular weight excluding hydrogens is 108 g/mol. The van der Waals surface area contributed by atoms with Crippen LogP contribution >= 0.6 is 0 Å². The maximum Gasteiger partial charge on any atom is 0.146 e. The first-order valence-corrected chi connectivity index (χ1v) is 2.68.